The number of alkyl halides is 3. The van der Waals surface area contributed by atoms with Crippen LogP contribution in [0.4, 0.5) is 33.7 Å². The van der Waals surface area contributed by atoms with Crippen molar-refractivity contribution in [3.63, 3.8) is 0 Å². The third-order valence-electron chi connectivity index (χ3n) is 7.80. The fourth-order valence-electron chi connectivity index (χ4n) is 5.28. The second-order valence-corrected chi connectivity index (χ2v) is 11.6. The summed E-state index contributed by atoms with van der Waals surface area (Å²) in [6, 6.07) is 6.54. The van der Waals surface area contributed by atoms with E-state index >= 15 is 0 Å². The van der Waals surface area contributed by atoms with Crippen molar-refractivity contribution >= 4 is 47.0 Å². The first-order valence-corrected chi connectivity index (χ1v) is 15.8. The number of hydrogen-bond acceptors (Lipinski definition) is 9. The van der Waals surface area contributed by atoms with Gasteiger partial charge in [-0.25, -0.2) is 19.0 Å². The number of rotatable bonds is 9. The molecule has 0 unspecified atom stereocenters. The fourth-order valence-corrected chi connectivity index (χ4v) is 5.44. The molecular formula is C34H33ClF4N6O6. The number of anilines is 2. The summed E-state index contributed by atoms with van der Waals surface area (Å²) in [5.41, 5.74) is -0.950. The standard InChI is InChI=1S/C34H33ClF4N6O6/c1-18(32(47)50-3)24-6-4-5-7-25(43-28(46)13-10-20-22(34(37,38)39)11-12-23(35)29(20)36)31-44-27(17-40)30(45-31)21-9-8-19(16-26(21)42-24)41-33(48)51-15-14-49-2/h8-13,16,24-25,42H,1,4-7,14-15H2,2-3H3,(H,41,48)(H,43,46)(H,44,45)/b13-10+/t24-,25+/m1/s1. The van der Waals surface area contributed by atoms with Gasteiger partial charge in [0.1, 0.15) is 35.7 Å². The minimum Gasteiger partial charge on any atom is -0.466 e. The number of aromatic nitrogens is 2. The summed E-state index contributed by atoms with van der Waals surface area (Å²) in [5, 5.41) is 18.0. The summed E-state index contributed by atoms with van der Waals surface area (Å²) in [5.74, 6) is -2.71. The van der Waals surface area contributed by atoms with Crippen LogP contribution in [0.3, 0.4) is 0 Å². The minimum atomic E-state index is -4.92. The van der Waals surface area contributed by atoms with E-state index in [-0.39, 0.29) is 42.4 Å². The topological polar surface area (TPSA) is 167 Å². The number of carbonyl (C=O) groups is 3. The maximum atomic E-state index is 14.6. The molecule has 1 aromatic heterocycles. The molecule has 0 aliphatic carbocycles. The lowest BCUT2D eigenvalue weighted by molar-refractivity contribution is -0.138. The van der Waals surface area contributed by atoms with Crippen LogP contribution in [0, 0.1) is 17.1 Å². The van der Waals surface area contributed by atoms with Crippen molar-refractivity contribution in [2.75, 3.05) is 38.1 Å². The molecule has 0 radical (unpaired) electrons. The molecule has 51 heavy (non-hydrogen) atoms. The highest BCUT2D eigenvalue weighted by atomic mass is 35.5. The number of nitrogens with zero attached hydrogens (tertiary/aromatic N) is 2. The van der Waals surface area contributed by atoms with Gasteiger partial charge in [-0.05, 0) is 49.2 Å². The second kappa shape index (κ2) is 17.0. The number of halogens is 5. The number of imidazole rings is 1. The van der Waals surface area contributed by atoms with Gasteiger partial charge in [0.15, 0.2) is 0 Å². The van der Waals surface area contributed by atoms with Gasteiger partial charge in [-0.1, -0.05) is 31.0 Å². The summed E-state index contributed by atoms with van der Waals surface area (Å²) < 4.78 is 70.2. The van der Waals surface area contributed by atoms with Crippen LogP contribution in [0.1, 0.15) is 54.4 Å². The van der Waals surface area contributed by atoms with E-state index in [1.165, 1.54) is 20.3 Å². The number of H-pyrrole nitrogens is 1. The van der Waals surface area contributed by atoms with Gasteiger partial charge in [0.25, 0.3) is 0 Å². The Morgan fingerprint density at radius 2 is 1.90 bits per heavy atom. The molecule has 270 valence electrons. The maximum absolute atomic E-state index is 14.6. The number of nitrogens with one attached hydrogen (secondary N) is 4. The Hall–Kier alpha value is -5.40. The van der Waals surface area contributed by atoms with Crippen molar-refractivity contribution < 1.29 is 46.2 Å². The first-order valence-electron chi connectivity index (χ1n) is 15.4. The van der Waals surface area contributed by atoms with Crippen LogP contribution in [0.2, 0.25) is 5.02 Å². The third kappa shape index (κ3) is 9.65. The number of aromatic amines is 1. The number of hydrogen-bond donors (Lipinski definition) is 4. The normalized spacial score (nSPS) is 16.0. The van der Waals surface area contributed by atoms with Crippen LogP contribution < -0.4 is 16.0 Å². The Morgan fingerprint density at radius 1 is 1.16 bits per heavy atom. The molecule has 17 heteroatoms. The molecule has 4 N–H and O–H groups in total. The molecular weight excluding hydrogens is 700 g/mol. The van der Waals surface area contributed by atoms with Gasteiger partial charge in [-0.15, -0.1) is 0 Å². The molecule has 0 saturated heterocycles. The zero-order valence-electron chi connectivity index (χ0n) is 27.4. The molecule has 4 rings (SSSR count). The zero-order valence-corrected chi connectivity index (χ0v) is 28.1. The summed E-state index contributed by atoms with van der Waals surface area (Å²) in [7, 11) is 2.67. The number of benzene rings is 2. The molecule has 0 fully saturated rings. The van der Waals surface area contributed by atoms with E-state index in [2.05, 4.69) is 32.5 Å². The van der Waals surface area contributed by atoms with Gasteiger partial charge in [-0.3, -0.25) is 10.1 Å². The molecule has 3 aromatic rings. The summed E-state index contributed by atoms with van der Waals surface area (Å²) in [6.07, 6.45) is -2.74. The molecule has 0 spiro atoms. The Morgan fingerprint density at radius 3 is 2.59 bits per heavy atom. The van der Waals surface area contributed by atoms with E-state index in [4.69, 9.17) is 25.8 Å². The van der Waals surface area contributed by atoms with Crippen LogP contribution in [-0.2, 0) is 30.0 Å². The summed E-state index contributed by atoms with van der Waals surface area (Å²) in [4.78, 5) is 45.5. The Labute approximate surface area is 294 Å². The van der Waals surface area contributed by atoms with Crippen LogP contribution in [0.25, 0.3) is 17.3 Å². The van der Waals surface area contributed by atoms with Crippen LogP contribution in [0.15, 0.2) is 48.6 Å². The van der Waals surface area contributed by atoms with Crippen molar-refractivity contribution in [2.24, 2.45) is 0 Å². The molecule has 2 atom stereocenters. The third-order valence-corrected chi connectivity index (χ3v) is 8.09. The molecule has 0 saturated carbocycles. The molecule has 1 aliphatic rings. The molecule has 12 nitrogen and oxygen atoms in total. The lowest BCUT2D eigenvalue weighted by Gasteiger charge is -2.24. The van der Waals surface area contributed by atoms with E-state index in [0.717, 1.165) is 12.1 Å². The maximum Gasteiger partial charge on any atom is 0.417 e. The molecule has 2 bridgehead atoms. The van der Waals surface area contributed by atoms with Gasteiger partial charge in [0, 0.05) is 35.7 Å². The Balaban J connectivity index is 1.72. The Bertz CT molecular complexity index is 1870. The van der Waals surface area contributed by atoms with Crippen molar-refractivity contribution in [1.82, 2.24) is 15.3 Å². The summed E-state index contributed by atoms with van der Waals surface area (Å²) >= 11 is 5.71. The van der Waals surface area contributed by atoms with E-state index in [9.17, 15) is 37.2 Å². The number of carbonyl (C=O) groups excluding carboxylic acids is 3. The van der Waals surface area contributed by atoms with Gasteiger partial charge < -0.3 is 29.8 Å². The Kier molecular flexibility index (Phi) is 12.8. The average molecular weight is 733 g/mol. The fraction of sp³-hybridized carbons (Fsp3) is 0.324. The smallest absolute Gasteiger partial charge is 0.417 e. The van der Waals surface area contributed by atoms with Gasteiger partial charge in [0.2, 0.25) is 5.91 Å². The molecule has 2 heterocycles. The first kappa shape index (κ1) is 38.4. The largest absolute Gasteiger partial charge is 0.466 e. The van der Waals surface area contributed by atoms with E-state index in [0.29, 0.717) is 48.3 Å². The van der Waals surface area contributed by atoms with Crippen LogP contribution >= 0.6 is 11.6 Å². The van der Waals surface area contributed by atoms with Gasteiger partial charge >= 0.3 is 18.2 Å². The number of fused-ring (bicyclic) bond motifs is 4. The average Bonchev–Trinajstić information content (AvgIpc) is 3.52. The monoisotopic (exact) mass is 732 g/mol. The van der Waals surface area contributed by atoms with E-state index in [1.54, 1.807) is 12.1 Å². The number of esters is 1. The number of amides is 2. The van der Waals surface area contributed by atoms with Crippen molar-refractivity contribution in [3.8, 4) is 17.3 Å². The van der Waals surface area contributed by atoms with Crippen LogP contribution in [-0.4, -0.2) is 61.4 Å². The number of methoxy groups -OCH3 is 2. The molecule has 2 aromatic carbocycles. The van der Waals surface area contributed by atoms with E-state index in [1.807, 2.05) is 6.07 Å². The second-order valence-electron chi connectivity index (χ2n) is 11.2. The quantitative estimate of drug-likeness (QED) is 0.0791. The number of nitriles is 1. The summed E-state index contributed by atoms with van der Waals surface area (Å²) in [6.45, 7) is 4.10. The van der Waals surface area contributed by atoms with Gasteiger partial charge in [0.05, 0.1) is 42.0 Å². The predicted molar refractivity (Wildman–Crippen MR) is 179 cm³/mol. The minimum absolute atomic E-state index is 0.000865. The van der Waals surface area contributed by atoms with E-state index < -0.39 is 58.2 Å². The SMILES string of the molecule is C=C(C(=O)OC)[C@H]1CCCC[C@H](NC(=O)/C=C/c2c(C(F)(F)F)ccc(Cl)c2F)c2nc(c(C#N)[nH]2)-c2ccc(NC(=O)OCCOC)cc2N1. The lowest BCUT2D eigenvalue weighted by atomic mass is 9.98. The van der Waals surface area contributed by atoms with Gasteiger partial charge in [-0.2, -0.15) is 18.4 Å². The highest BCUT2D eigenvalue weighted by Crippen LogP contribution is 2.37. The highest BCUT2D eigenvalue weighted by Gasteiger charge is 2.35. The predicted octanol–water partition coefficient (Wildman–Crippen LogP) is 6.91. The van der Waals surface area contributed by atoms with Crippen molar-refractivity contribution in [3.05, 3.63) is 82.0 Å². The first-order chi connectivity index (χ1) is 24.3. The molecule has 2 amide bonds. The molecule has 1 aliphatic heterocycles. The lowest BCUT2D eigenvalue weighted by Crippen LogP contribution is -2.29. The van der Waals surface area contributed by atoms with Crippen molar-refractivity contribution in [1.29, 1.82) is 5.26 Å². The van der Waals surface area contributed by atoms with Crippen molar-refractivity contribution in [2.45, 2.75) is 43.9 Å². The zero-order chi connectivity index (χ0) is 37.3. The van der Waals surface area contributed by atoms with Crippen LogP contribution in [0.5, 0.6) is 0 Å². The number of ether oxygens (including phenoxy) is 3. The highest BCUT2D eigenvalue weighted by molar-refractivity contribution is 6.31.